The number of aromatic nitrogens is 3. The molecule has 0 unspecified atom stereocenters. The van der Waals surface area contributed by atoms with Gasteiger partial charge >= 0.3 is 6.09 Å². The Kier molecular flexibility index (Phi) is 3.97. The van der Waals surface area contributed by atoms with Crippen LogP contribution in [0.1, 0.15) is 12.8 Å². The highest BCUT2D eigenvalue weighted by Gasteiger charge is 2.44. The number of carbonyl (C=O) groups excluding carboxylic acids is 1. The Morgan fingerprint density at radius 2 is 2.08 bits per heavy atom. The van der Waals surface area contributed by atoms with E-state index in [2.05, 4.69) is 19.9 Å². The van der Waals surface area contributed by atoms with Gasteiger partial charge in [-0.2, -0.15) is 0 Å². The number of nitrogens with one attached hydrogen (secondary N) is 1. The molecule has 8 nitrogen and oxygen atoms in total. The van der Waals surface area contributed by atoms with Crippen molar-refractivity contribution in [3.05, 3.63) is 18.6 Å². The van der Waals surface area contributed by atoms with Gasteiger partial charge in [0.1, 0.15) is 24.4 Å². The Bertz CT molecular complexity index is 719. The number of amides is 1. The molecule has 0 saturated carbocycles. The number of rotatable bonds is 4. The van der Waals surface area contributed by atoms with E-state index in [9.17, 15) is 4.79 Å². The number of hydrogen-bond acceptors (Lipinski definition) is 6. The number of nitrogens with zero attached hydrogens (tertiary/aromatic N) is 4. The average molecular weight is 331 g/mol. The van der Waals surface area contributed by atoms with Gasteiger partial charge in [-0.05, 0) is 18.9 Å². The monoisotopic (exact) mass is 331 g/mol. The van der Waals surface area contributed by atoms with Crippen LogP contribution >= 0.6 is 0 Å². The van der Waals surface area contributed by atoms with E-state index in [0.29, 0.717) is 13.2 Å². The molecule has 0 radical (unpaired) electrons. The lowest BCUT2D eigenvalue weighted by Crippen LogP contribution is -2.56. The summed E-state index contributed by atoms with van der Waals surface area (Å²) in [4.78, 5) is 28.4. The van der Waals surface area contributed by atoms with Crippen LogP contribution in [0.2, 0.25) is 0 Å². The zero-order valence-electron chi connectivity index (χ0n) is 13.6. The Morgan fingerprint density at radius 1 is 1.29 bits per heavy atom. The van der Waals surface area contributed by atoms with Crippen molar-refractivity contribution in [3.8, 4) is 0 Å². The Labute approximate surface area is 139 Å². The summed E-state index contributed by atoms with van der Waals surface area (Å²) in [6.45, 7) is 2.26. The van der Waals surface area contributed by atoms with Gasteiger partial charge in [0.2, 0.25) is 0 Å². The summed E-state index contributed by atoms with van der Waals surface area (Å²) in [5, 5.41) is 1.02. The summed E-state index contributed by atoms with van der Waals surface area (Å²) >= 11 is 0. The van der Waals surface area contributed by atoms with Gasteiger partial charge in [-0.1, -0.05) is 0 Å². The first-order valence-corrected chi connectivity index (χ1v) is 8.25. The second kappa shape index (κ2) is 6.27. The SMILES string of the molecule is COCCOC(=O)N1[C@@H]2CC[C@H]1CN(c1ncnc3[nH]ccc13)C2. The smallest absolute Gasteiger partial charge is 0.410 e. The average Bonchev–Trinajstić information content (AvgIpc) is 3.17. The van der Waals surface area contributed by atoms with Gasteiger partial charge in [-0.15, -0.1) is 0 Å². The van der Waals surface area contributed by atoms with Crippen molar-refractivity contribution in [2.75, 3.05) is 38.3 Å². The van der Waals surface area contributed by atoms with Crippen molar-refractivity contribution >= 4 is 22.9 Å². The number of ether oxygens (including phenoxy) is 2. The quantitative estimate of drug-likeness (QED) is 0.853. The minimum atomic E-state index is -0.228. The summed E-state index contributed by atoms with van der Waals surface area (Å²) in [5.74, 6) is 0.936. The standard InChI is InChI=1S/C16H21N5O3/c1-23-6-7-24-16(22)21-11-2-3-12(21)9-20(8-11)15-13-4-5-17-14(13)18-10-19-15/h4-5,10-12H,2-3,6-9H2,1H3,(H,17,18,19)/t11-,12+. The van der Waals surface area contributed by atoms with Crippen LogP contribution in [-0.2, 0) is 9.47 Å². The van der Waals surface area contributed by atoms with Crippen LogP contribution < -0.4 is 4.90 Å². The van der Waals surface area contributed by atoms with Gasteiger partial charge in [0.15, 0.2) is 0 Å². The number of anilines is 1. The zero-order chi connectivity index (χ0) is 16.5. The van der Waals surface area contributed by atoms with E-state index in [4.69, 9.17) is 9.47 Å². The maximum absolute atomic E-state index is 12.3. The van der Waals surface area contributed by atoms with Crippen LogP contribution in [0.5, 0.6) is 0 Å². The maximum Gasteiger partial charge on any atom is 0.410 e. The number of carbonyl (C=O) groups is 1. The molecule has 24 heavy (non-hydrogen) atoms. The van der Waals surface area contributed by atoms with E-state index in [1.807, 2.05) is 17.2 Å². The minimum Gasteiger partial charge on any atom is -0.447 e. The predicted octanol–water partition coefficient (Wildman–Crippen LogP) is 1.39. The third kappa shape index (κ3) is 2.56. The largest absolute Gasteiger partial charge is 0.447 e. The third-order valence-corrected chi connectivity index (χ3v) is 4.84. The number of fused-ring (bicyclic) bond motifs is 3. The Balaban J connectivity index is 1.50. The van der Waals surface area contributed by atoms with Crippen LogP contribution in [0.3, 0.4) is 0 Å². The lowest BCUT2D eigenvalue weighted by molar-refractivity contribution is 0.0561. The van der Waals surface area contributed by atoms with E-state index in [0.717, 1.165) is 42.8 Å². The lowest BCUT2D eigenvalue weighted by atomic mass is 10.2. The molecule has 0 aliphatic carbocycles. The second-order valence-corrected chi connectivity index (χ2v) is 6.24. The van der Waals surface area contributed by atoms with Gasteiger partial charge in [0.05, 0.1) is 24.1 Å². The van der Waals surface area contributed by atoms with E-state index < -0.39 is 0 Å². The van der Waals surface area contributed by atoms with Crippen molar-refractivity contribution in [2.24, 2.45) is 0 Å². The molecule has 2 aliphatic heterocycles. The second-order valence-electron chi connectivity index (χ2n) is 6.24. The molecule has 8 heteroatoms. The molecular weight excluding hydrogens is 310 g/mol. The highest BCUT2D eigenvalue weighted by atomic mass is 16.6. The van der Waals surface area contributed by atoms with E-state index in [1.165, 1.54) is 0 Å². The van der Waals surface area contributed by atoms with Crippen molar-refractivity contribution in [2.45, 2.75) is 24.9 Å². The molecule has 2 bridgehead atoms. The first kappa shape index (κ1) is 15.2. The molecule has 1 N–H and O–H groups in total. The molecule has 4 rings (SSSR count). The van der Waals surface area contributed by atoms with E-state index in [1.54, 1.807) is 13.4 Å². The number of methoxy groups -OCH3 is 1. The molecular formula is C16H21N5O3. The fourth-order valence-corrected chi connectivity index (χ4v) is 3.77. The first-order valence-electron chi connectivity index (χ1n) is 8.25. The summed E-state index contributed by atoms with van der Waals surface area (Å²) in [6.07, 6.45) is 5.24. The number of aromatic amines is 1. The van der Waals surface area contributed by atoms with Crippen molar-refractivity contribution in [3.63, 3.8) is 0 Å². The van der Waals surface area contributed by atoms with Crippen LogP contribution in [0.25, 0.3) is 11.0 Å². The van der Waals surface area contributed by atoms with Gasteiger partial charge in [-0.3, -0.25) is 4.90 Å². The molecule has 0 aromatic carbocycles. The molecule has 0 spiro atoms. The fourth-order valence-electron chi connectivity index (χ4n) is 3.77. The molecule has 2 fully saturated rings. The molecule has 2 atom stereocenters. The zero-order valence-corrected chi connectivity index (χ0v) is 13.6. The predicted molar refractivity (Wildman–Crippen MR) is 88.0 cm³/mol. The number of piperazine rings is 1. The van der Waals surface area contributed by atoms with E-state index in [-0.39, 0.29) is 18.2 Å². The topological polar surface area (TPSA) is 83.6 Å². The summed E-state index contributed by atoms with van der Waals surface area (Å²) in [7, 11) is 1.60. The van der Waals surface area contributed by atoms with Gasteiger partial charge in [0.25, 0.3) is 0 Å². The Morgan fingerprint density at radius 3 is 2.83 bits per heavy atom. The highest BCUT2D eigenvalue weighted by Crippen LogP contribution is 2.34. The third-order valence-electron chi connectivity index (χ3n) is 4.84. The van der Waals surface area contributed by atoms with Crippen molar-refractivity contribution in [1.29, 1.82) is 0 Å². The normalized spacial score (nSPS) is 23.0. The van der Waals surface area contributed by atoms with Crippen LogP contribution in [-0.4, -0.2) is 71.4 Å². The molecule has 1 amide bonds. The number of H-pyrrole nitrogens is 1. The van der Waals surface area contributed by atoms with Crippen LogP contribution in [0.15, 0.2) is 18.6 Å². The van der Waals surface area contributed by atoms with Gasteiger partial charge in [0, 0.05) is 26.4 Å². The summed E-state index contributed by atoms with van der Waals surface area (Å²) in [5.41, 5.74) is 0.841. The minimum absolute atomic E-state index is 0.169. The highest BCUT2D eigenvalue weighted by molar-refractivity contribution is 5.87. The molecule has 2 aliphatic rings. The van der Waals surface area contributed by atoms with Crippen molar-refractivity contribution < 1.29 is 14.3 Å². The number of hydrogen-bond donors (Lipinski definition) is 1. The molecule has 2 aromatic rings. The molecule has 2 saturated heterocycles. The van der Waals surface area contributed by atoms with Gasteiger partial charge in [-0.25, -0.2) is 14.8 Å². The molecule has 128 valence electrons. The van der Waals surface area contributed by atoms with Gasteiger partial charge < -0.3 is 19.4 Å². The van der Waals surface area contributed by atoms with Crippen LogP contribution in [0, 0.1) is 0 Å². The summed E-state index contributed by atoms with van der Waals surface area (Å²) < 4.78 is 10.3. The van der Waals surface area contributed by atoms with Crippen LogP contribution in [0.4, 0.5) is 10.6 Å². The van der Waals surface area contributed by atoms with E-state index >= 15 is 0 Å². The van der Waals surface area contributed by atoms with Crippen molar-refractivity contribution in [1.82, 2.24) is 19.9 Å². The molecule has 2 aromatic heterocycles. The Hall–Kier alpha value is -2.35. The fraction of sp³-hybridized carbons (Fsp3) is 0.562. The molecule has 4 heterocycles. The first-order chi connectivity index (χ1) is 11.8. The summed E-state index contributed by atoms with van der Waals surface area (Å²) in [6, 6.07) is 2.34. The maximum atomic E-state index is 12.3. The lowest BCUT2D eigenvalue weighted by Gasteiger charge is -2.40.